The largest absolute Gasteiger partial charge is 0.477 e. The molecule has 0 saturated heterocycles. The second kappa shape index (κ2) is 6.39. The molecule has 96 valence electrons. The Kier molecular flexibility index (Phi) is 4.58. The lowest BCUT2D eigenvalue weighted by molar-refractivity contribution is 0.292. The molecule has 0 fully saturated rings. The lowest BCUT2D eigenvalue weighted by Gasteiger charge is -2.08. The Morgan fingerprint density at radius 3 is 3.00 bits per heavy atom. The third kappa shape index (κ3) is 3.01. The van der Waals surface area contributed by atoms with Crippen LogP contribution in [0.15, 0.2) is 6.07 Å². The van der Waals surface area contributed by atoms with E-state index < -0.39 is 0 Å². The van der Waals surface area contributed by atoms with Gasteiger partial charge >= 0.3 is 0 Å². The van der Waals surface area contributed by atoms with Crippen molar-refractivity contribution in [3.63, 3.8) is 0 Å². The van der Waals surface area contributed by atoms with Crippen LogP contribution in [0.25, 0.3) is 0 Å². The van der Waals surface area contributed by atoms with Crippen molar-refractivity contribution in [3.8, 4) is 11.9 Å². The fourth-order valence-corrected chi connectivity index (χ4v) is 2.34. The molecule has 1 heterocycles. The monoisotopic (exact) mass is 244 g/mol. The number of fused-ring (bicyclic) bond motifs is 1. The summed E-state index contributed by atoms with van der Waals surface area (Å²) in [6.45, 7) is 2.86. The summed E-state index contributed by atoms with van der Waals surface area (Å²) in [5.41, 5.74) is 2.94. The zero-order valence-electron chi connectivity index (χ0n) is 11.0. The Balaban J connectivity index is 1.97. The number of nitriles is 1. The molecule has 1 aliphatic carbocycles. The van der Waals surface area contributed by atoms with Crippen molar-refractivity contribution < 1.29 is 4.74 Å². The number of hydrogen-bond acceptors (Lipinski definition) is 3. The third-order valence-electron chi connectivity index (χ3n) is 3.37. The van der Waals surface area contributed by atoms with Crippen molar-refractivity contribution in [1.29, 1.82) is 5.26 Å². The van der Waals surface area contributed by atoms with Crippen LogP contribution in [0.3, 0.4) is 0 Å². The second-order valence-electron chi connectivity index (χ2n) is 4.82. The van der Waals surface area contributed by atoms with E-state index in [4.69, 9.17) is 10.00 Å². The molecule has 0 radical (unpaired) electrons. The van der Waals surface area contributed by atoms with Crippen molar-refractivity contribution in [2.24, 2.45) is 0 Å². The summed E-state index contributed by atoms with van der Waals surface area (Å²) in [6, 6.07) is 4.14. The molecule has 1 aromatic heterocycles. The highest BCUT2D eigenvalue weighted by Gasteiger charge is 2.16. The normalized spacial score (nSPS) is 13.1. The summed E-state index contributed by atoms with van der Waals surface area (Å²) in [5, 5.41) is 9.12. The number of unbranched alkanes of at least 4 members (excludes halogenated alkanes) is 3. The fourth-order valence-electron chi connectivity index (χ4n) is 2.34. The summed E-state index contributed by atoms with van der Waals surface area (Å²) < 4.78 is 5.67. The summed E-state index contributed by atoms with van der Waals surface area (Å²) in [6.07, 6.45) is 7.90. The lowest BCUT2D eigenvalue weighted by Crippen LogP contribution is -2.03. The minimum absolute atomic E-state index is 0.537. The first-order valence-electron chi connectivity index (χ1n) is 6.91. The van der Waals surface area contributed by atoms with E-state index in [0.29, 0.717) is 18.1 Å². The topological polar surface area (TPSA) is 45.9 Å². The van der Waals surface area contributed by atoms with E-state index in [1.54, 1.807) is 0 Å². The molecule has 0 aliphatic heterocycles. The number of hydrogen-bond donors (Lipinski definition) is 0. The van der Waals surface area contributed by atoms with Gasteiger partial charge in [0.1, 0.15) is 11.6 Å². The van der Waals surface area contributed by atoms with Gasteiger partial charge < -0.3 is 4.74 Å². The van der Waals surface area contributed by atoms with Gasteiger partial charge in [0, 0.05) is 5.69 Å². The molecule has 0 atom stereocenters. The molecule has 0 spiro atoms. The van der Waals surface area contributed by atoms with Gasteiger partial charge in [-0.1, -0.05) is 26.2 Å². The van der Waals surface area contributed by atoms with Crippen molar-refractivity contribution in [1.82, 2.24) is 4.98 Å². The molecular formula is C15H20N2O. The Bertz CT molecular complexity index is 449. The highest BCUT2D eigenvalue weighted by atomic mass is 16.5. The standard InChI is InChI=1S/C15H20N2O/c1-2-3-4-5-9-18-15-13(11-16)10-12-7-6-8-14(12)17-15/h10H,2-9H2,1H3. The van der Waals surface area contributed by atoms with E-state index in [-0.39, 0.29) is 0 Å². The van der Waals surface area contributed by atoms with Gasteiger partial charge in [0.25, 0.3) is 0 Å². The number of pyridine rings is 1. The number of ether oxygens (including phenoxy) is 1. The minimum atomic E-state index is 0.537. The number of aryl methyl sites for hydroxylation is 2. The Hall–Kier alpha value is -1.56. The molecule has 18 heavy (non-hydrogen) atoms. The van der Waals surface area contributed by atoms with Gasteiger partial charge in [0.15, 0.2) is 0 Å². The van der Waals surface area contributed by atoms with Gasteiger partial charge in [-0.15, -0.1) is 0 Å². The maximum Gasteiger partial charge on any atom is 0.231 e. The average molecular weight is 244 g/mol. The molecule has 0 amide bonds. The van der Waals surface area contributed by atoms with Crippen LogP contribution >= 0.6 is 0 Å². The smallest absolute Gasteiger partial charge is 0.231 e. The molecule has 0 aromatic carbocycles. The van der Waals surface area contributed by atoms with E-state index >= 15 is 0 Å². The second-order valence-corrected chi connectivity index (χ2v) is 4.82. The van der Waals surface area contributed by atoms with Gasteiger partial charge in [-0.2, -0.15) is 5.26 Å². The summed E-state index contributed by atoms with van der Waals surface area (Å²) >= 11 is 0. The maximum absolute atomic E-state index is 9.12. The van der Waals surface area contributed by atoms with Crippen LogP contribution < -0.4 is 4.74 Å². The number of rotatable bonds is 6. The fraction of sp³-hybridized carbons (Fsp3) is 0.600. The molecule has 0 bridgehead atoms. The zero-order chi connectivity index (χ0) is 12.8. The third-order valence-corrected chi connectivity index (χ3v) is 3.37. The van der Waals surface area contributed by atoms with Gasteiger partial charge in [0.2, 0.25) is 5.88 Å². The first-order chi connectivity index (χ1) is 8.85. The highest BCUT2D eigenvalue weighted by Crippen LogP contribution is 2.26. The highest BCUT2D eigenvalue weighted by molar-refractivity contribution is 5.44. The van der Waals surface area contributed by atoms with Crippen LogP contribution in [-0.4, -0.2) is 11.6 Å². The van der Waals surface area contributed by atoms with Crippen LogP contribution in [0.1, 0.15) is 55.8 Å². The molecule has 3 nitrogen and oxygen atoms in total. The minimum Gasteiger partial charge on any atom is -0.477 e. The molecule has 2 rings (SSSR count). The van der Waals surface area contributed by atoms with Gasteiger partial charge in [-0.25, -0.2) is 4.98 Å². The number of aromatic nitrogens is 1. The molecule has 1 aromatic rings. The molecule has 1 aliphatic rings. The van der Waals surface area contributed by atoms with Gasteiger partial charge in [-0.05, 0) is 37.3 Å². The van der Waals surface area contributed by atoms with Crippen LogP contribution in [0, 0.1) is 11.3 Å². The number of nitrogens with zero attached hydrogens (tertiary/aromatic N) is 2. The first-order valence-corrected chi connectivity index (χ1v) is 6.91. The zero-order valence-corrected chi connectivity index (χ0v) is 11.0. The molecule has 0 N–H and O–H groups in total. The summed E-state index contributed by atoms with van der Waals surface area (Å²) in [7, 11) is 0. The summed E-state index contributed by atoms with van der Waals surface area (Å²) in [4.78, 5) is 4.50. The Morgan fingerprint density at radius 1 is 1.33 bits per heavy atom. The van der Waals surface area contributed by atoms with E-state index in [1.807, 2.05) is 6.07 Å². The molecular weight excluding hydrogens is 224 g/mol. The van der Waals surface area contributed by atoms with Crippen molar-refractivity contribution >= 4 is 0 Å². The molecule has 3 heteroatoms. The van der Waals surface area contributed by atoms with E-state index in [0.717, 1.165) is 31.4 Å². The van der Waals surface area contributed by atoms with Crippen molar-refractivity contribution in [2.45, 2.75) is 51.9 Å². The van der Waals surface area contributed by atoms with Crippen LogP contribution in [0.4, 0.5) is 0 Å². The Morgan fingerprint density at radius 2 is 2.22 bits per heavy atom. The first kappa shape index (κ1) is 12.9. The van der Waals surface area contributed by atoms with Crippen LogP contribution in [0.5, 0.6) is 5.88 Å². The maximum atomic E-state index is 9.12. The Labute approximate surface area is 109 Å². The van der Waals surface area contributed by atoms with Gasteiger partial charge in [-0.3, -0.25) is 0 Å². The van der Waals surface area contributed by atoms with E-state index in [1.165, 1.54) is 24.8 Å². The lowest BCUT2D eigenvalue weighted by atomic mass is 10.1. The summed E-state index contributed by atoms with van der Waals surface area (Å²) in [5.74, 6) is 0.537. The van der Waals surface area contributed by atoms with Crippen molar-refractivity contribution in [3.05, 3.63) is 22.9 Å². The van der Waals surface area contributed by atoms with E-state index in [2.05, 4.69) is 18.0 Å². The molecule has 0 saturated carbocycles. The van der Waals surface area contributed by atoms with Crippen LogP contribution in [0.2, 0.25) is 0 Å². The van der Waals surface area contributed by atoms with Crippen molar-refractivity contribution in [2.75, 3.05) is 6.61 Å². The predicted octanol–water partition coefficient (Wildman–Crippen LogP) is 3.40. The van der Waals surface area contributed by atoms with E-state index in [9.17, 15) is 0 Å². The quantitative estimate of drug-likeness (QED) is 0.720. The molecule has 0 unspecified atom stereocenters. The van der Waals surface area contributed by atoms with Crippen LogP contribution in [-0.2, 0) is 12.8 Å². The average Bonchev–Trinajstić information content (AvgIpc) is 2.84. The SMILES string of the molecule is CCCCCCOc1nc2c(cc1C#N)CCC2. The van der Waals surface area contributed by atoms with Gasteiger partial charge in [0.05, 0.1) is 6.61 Å². The predicted molar refractivity (Wildman–Crippen MR) is 70.6 cm³/mol.